The van der Waals surface area contributed by atoms with Gasteiger partial charge in [-0.05, 0) is 42.7 Å². The minimum atomic E-state index is -0.548. The maximum Gasteiger partial charge on any atom is 0.338 e. The number of methoxy groups -OCH3 is 1. The second-order valence-corrected chi connectivity index (χ2v) is 5.22. The van der Waals surface area contributed by atoms with E-state index in [-0.39, 0.29) is 11.3 Å². The lowest BCUT2D eigenvalue weighted by Crippen LogP contribution is -2.09. The molecular weight excluding hydrogens is 292 g/mol. The van der Waals surface area contributed by atoms with Gasteiger partial charge in [0, 0.05) is 5.56 Å². The number of hydrogen-bond donors (Lipinski definition) is 0. The summed E-state index contributed by atoms with van der Waals surface area (Å²) in [5.41, 5.74) is 2.85. The van der Waals surface area contributed by atoms with E-state index in [1.54, 1.807) is 18.2 Å². The lowest BCUT2D eigenvalue weighted by atomic mass is 10.0. The summed E-state index contributed by atoms with van der Waals surface area (Å²) < 4.78 is 10.5. The number of rotatable bonds is 6. The highest BCUT2D eigenvalue weighted by molar-refractivity contribution is 6.05. The van der Waals surface area contributed by atoms with Crippen LogP contribution in [-0.2, 0) is 17.8 Å². The summed E-state index contributed by atoms with van der Waals surface area (Å²) in [5.74, 6) is -0.210. The Balaban J connectivity index is 2.20. The first kappa shape index (κ1) is 16.7. The van der Waals surface area contributed by atoms with Crippen LogP contribution in [0.5, 0.6) is 5.75 Å². The maximum absolute atomic E-state index is 11.8. The van der Waals surface area contributed by atoms with Crippen LogP contribution in [0.2, 0.25) is 0 Å². The largest absolute Gasteiger partial charge is 0.489 e. The molecule has 0 aromatic heterocycles. The van der Waals surface area contributed by atoms with Crippen molar-refractivity contribution in [1.29, 1.82) is 0 Å². The van der Waals surface area contributed by atoms with Gasteiger partial charge in [-0.1, -0.05) is 31.2 Å². The van der Waals surface area contributed by atoms with Crippen molar-refractivity contribution in [2.24, 2.45) is 0 Å². The average Bonchev–Trinajstić information content (AvgIpc) is 2.59. The van der Waals surface area contributed by atoms with E-state index >= 15 is 0 Å². The molecule has 0 unspecified atom stereocenters. The number of Topliss-reactive ketones (excluding diaryl/α,β-unsaturated/α-hetero) is 1. The molecule has 0 saturated carbocycles. The number of carbonyl (C=O) groups excluding carboxylic acids is 2. The second-order valence-electron chi connectivity index (χ2n) is 5.22. The summed E-state index contributed by atoms with van der Waals surface area (Å²) in [4.78, 5) is 23.4. The molecular formula is C19H20O4. The lowest BCUT2D eigenvalue weighted by Gasteiger charge is -2.11. The number of ether oxygens (including phenoxy) is 2. The Hall–Kier alpha value is -2.62. The normalized spacial score (nSPS) is 10.2. The van der Waals surface area contributed by atoms with Gasteiger partial charge in [-0.15, -0.1) is 0 Å². The van der Waals surface area contributed by atoms with E-state index in [2.05, 4.69) is 19.1 Å². The maximum atomic E-state index is 11.8. The number of carbonyl (C=O) groups is 2. The number of benzene rings is 2. The van der Waals surface area contributed by atoms with Crippen LogP contribution < -0.4 is 4.74 Å². The smallest absolute Gasteiger partial charge is 0.338 e. The molecule has 2 rings (SSSR count). The molecule has 0 fully saturated rings. The zero-order valence-electron chi connectivity index (χ0n) is 13.6. The van der Waals surface area contributed by atoms with Crippen LogP contribution in [0.3, 0.4) is 0 Å². The molecule has 0 aliphatic carbocycles. The highest BCUT2D eigenvalue weighted by Gasteiger charge is 2.16. The molecule has 0 heterocycles. The quantitative estimate of drug-likeness (QED) is 0.601. The summed E-state index contributed by atoms with van der Waals surface area (Å²) in [6, 6.07) is 13.0. The molecule has 2 aromatic carbocycles. The molecule has 0 radical (unpaired) electrons. The predicted molar refractivity (Wildman–Crippen MR) is 87.9 cm³/mol. The number of esters is 1. The molecule has 120 valence electrons. The molecule has 0 saturated heterocycles. The van der Waals surface area contributed by atoms with Gasteiger partial charge >= 0.3 is 5.97 Å². The second kappa shape index (κ2) is 7.58. The number of ketones is 1. The van der Waals surface area contributed by atoms with Crippen LogP contribution in [0.15, 0.2) is 42.5 Å². The number of aryl methyl sites for hydroxylation is 1. The highest BCUT2D eigenvalue weighted by atomic mass is 16.5. The minimum absolute atomic E-state index is 0.187. The van der Waals surface area contributed by atoms with Crippen molar-refractivity contribution in [3.63, 3.8) is 0 Å². The fourth-order valence-corrected chi connectivity index (χ4v) is 2.31. The number of hydrogen-bond acceptors (Lipinski definition) is 4. The molecule has 0 atom stereocenters. The van der Waals surface area contributed by atoms with Gasteiger partial charge in [-0.3, -0.25) is 4.79 Å². The van der Waals surface area contributed by atoms with Gasteiger partial charge in [-0.25, -0.2) is 4.79 Å². The molecule has 0 amide bonds. The molecule has 0 N–H and O–H groups in total. The van der Waals surface area contributed by atoms with Gasteiger partial charge in [0.2, 0.25) is 0 Å². The Bertz CT molecular complexity index is 719. The van der Waals surface area contributed by atoms with Crippen LogP contribution in [0.4, 0.5) is 0 Å². The standard InChI is InChI=1S/C19H20O4/c1-4-14-6-5-7-15(10-14)12-23-16-8-9-17(13(2)20)18(11-16)19(21)22-3/h5-11H,4,12H2,1-3H3. The van der Waals surface area contributed by atoms with Gasteiger partial charge in [0.05, 0.1) is 12.7 Å². The summed E-state index contributed by atoms with van der Waals surface area (Å²) in [5, 5.41) is 0. The Morgan fingerprint density at radius 1 is 1.00 bits per heavy atom. The van der Waals surface area contributed by atoms with Crippen molar-refractivity contribution < 1.29 is 19.1 Å². The fourth-order valence-electron chi connectivity index (χ4n) is 2.31. The van der Waals surface area contributed by atoms with Crippen LogP contribution >= 0.6 is 0 Å². The SMILES string of the molecule is CCc1cccc(COc2ccc(C(C)=O)c(C(=O)OC)c2)c1. The molecule has 2 aromatic rings. The Morgan fingerprint density at radius 2 is 1.74 bits per heavy atom. The third-order valence-electron chi connectivity index (χ3n) is 3.58. The van der Waals surface area contributed by atoms with Gasteiger partial charge in [0.1, 0.15) is 12.4 Å². The Labute approximate surface area is 136 Å². The van der Waals surface area contributed by atoms with Crippen molar-refractivity contribution in [3.05, 3.63) is 64.7 Å². The highest BCUT2D eigenvalue weighted by Crippen LogP contribution is 2.21. The topological polar surface area (TPSA) is 52.6 Å². The molecule has 0 aliphatic heterocycles. The Morgan fingerprint density at radius 3 is 2.39 bits per heavy atom. The average molecular weight is 312 g/mol. The van der Waals surface area contributed by atoms with Crippen molar-refractivity contribution >= 4 is 11.8 Å². The summed E-state index contributed by atoms with van der Waals surface area (Å²) in [7, 11) is 1.29. The molecule has 4 heteroatoms. The molecule has 23 heavy (non-hydrogen) atoms. The van der Waals surface area contributed by atoms with Gasteiger partial charge in [0.15, 0.2) is 5.78 Å². The van der Waals surface area contributed by atoms with E-state index in [4.69, 9.17) is 9.47 Å². The fraction of sp³-hybridized carbons (Fsp3) is 0.263. The summed E-state index contributed by atoms with van der Waals surface area (Å²) in [6.07, 6.45) is 0.966. The van der Waals surface area contributed by atoms with Crippen molar-refractivity contribution in [1.82, 2.24) is 0 Å². The van der Waals surface area contributed by atoms with Crippen LogP contribution in [0.1, 0.15) is 45.7 Å². The molecule has 0 bridgehead atoms. The monoisotopic (exact) mass is 312 g/mol. The third kappa shape index (κ3) is 4.19. The van der Waals surface area contributed by atoms with Gasteiger partial charge in [-0.2, -0.15) is 0 Å². The van der Waals surface area contributed by atoms with Crippen LogP contribution in [0.25, 0.3) is 0 Å². The van der Waals surface area contributed by atoms with E-state index < -0.39 is 5.97 Å². The van der Waals surface area contributed by atoms with Crippen molar-refractivity contribution in [2.75, 3.05) is 7.11 Å². The first-order valence-electron chi connectivity index (χ1n) is 7.49. The van der Waals surface area contributed by atoms with Crippen molar-refractivity contribution in [2.45, 2.75) is 26.9 Å². The molecule has 4 nitrogen and oxygen atoms in total. The van der Waals surface area contributed by atoms with Crippen LogP contribution in [-0.4, -0.2) is 18.9 Å². The zero-order chi connectivity index (χ0) is 16.8. The molecule has 0 spiro atoms. The first-order valence-corrected chi connectivity index (χ1v) is 7.49. The van der Waals surface area contributed by atoms with E-state index in [0.29, 0.717) is 17.9 Å². The zero-order valence-corrected chi connectivity index (χ0v) is 13.6. The molecule has 0 aliphatic rings. The van der Waals surface area contributed by atoms with Crippen LogP contribution in [0, 0.1) is 0 Å². The van der Waals surface area contributed by atoms with Gasteiger partial charge < -0.3 is 9.47 Å². The van der Waals surface area contributed by atoms with E-state index in [1.165, 1.54) is 19.6 Å². The van der Waals surface area contributed by atoms with E-state index in [9.17, 15) is 9.59 Å². The summed E-state index contributed by atoms with van der Waals surface area (Å²) >= 11 is 0. The first-order chi connectivity index (χ1) is 11.0. The van der Waals surface area contributed by atoms with E-state index in [0.717, 1.165) is 12.0 Å². The van der Waals surface area contributed by atoms with Gasteiger partial charge in [0.25, 0.3) is 0 Å². The predicted octanol–water partition coefficient (Wildman–Crippen LogP) is 3.82. The third-order valence-corrected chi connectivity index (χ3v) is 3.58. The Kier molecular flexibility index (Phi) is 5.52. The minimum Gasteiger partial charge on any atom is -0.489 e. The summed E-state index contributed by atoms with van der Waals surface area (Å²) in [6.45, 7) is 3.91. The lowest BCUT2D eigenvalue weighted by molar-refractivity contribution is 0.0596. The van der Waals surface area contributed by atoms with E-state index in [1.807, 2.05) is 12.1 Å². The van der Waals surface area contributed by atoms with Crippen molar-refractivity contribution in [3.8, 4) is 5.75 Å².